The molecule has 3 heteroatoms. The molecule has 1 aliphatic carbocycles. The Morgan fingerprint density at radius 1 is 1.29 bits per heavy atom. The predicted molar refractivity (Wildman–Crippen MR) is 77.2 cm³/mol. The third-order valence-electron chi connectivity index (χ3n) is 3.34. The maximum absolute atomic E-state index is 5.33. The standard InChI is InChI=1S/C14H20N2S/c1-14(2)9-8-12(10-14)16-13(17)15-11-6-4-3-5-7-11/h3-7,12H,8-10H2,1-2H3,(H2,15,16,17). The summed E-state index contributed by atoms with van der Waals surface area (Å²) in [5, 5.41) is 7.35. The van der Waals surface area contributed by atoms with Gasteiger partial charge in [-0.15, -0.1) is 0 Å². The van der Waals surface area contributed by atoms with Gasteiger partial charge in [0.15, 0.2) is 5.11 Å². The summed E-state index contributed by atoms with van der Waals surface area (Å²) in [6, 6.07) is 10.6. The van der Waals surface area contributed by atoms with Crippen LogP contribution in [-0.4, -0.2) is 11.2 Å². The molecule has 0 amide bonds. The Hall–Kier alpha value is -1.09. The largest absolute Gasteiger partial charge is 0.360 e. The topological polar surface area (TPSA) is 24.1 Å². The second kappa shape index (κ2) is 5.05. The van der Waals surface area contributed by atoms with Gasteiger partial charge in [-0.25, -0.2) is 0 Å². The van der Waals surface area contributed by atoms with Crippen molar-refractivity contribution in [3.8, 4) is 0 Å². The van der Waals surface area contributed by atoms with E-state index < -0.39 is 0 Å². The first-order chi connectivity index (χ1) is 8.05. The zero-order valence-electron chi connectivity index (χ0n) is 10.5. The summed E-state index contributed by atoms with van der Waals surface area (Å²) < 4.78 is 0. The van der Waals surface area contributed by atoms with E-state index in [1.54, 1.807) is 0 Å². The molecule has 1 unspecified atom stereocenters. The molecule has 0 spiro atoms. The first kappa shape index (κ1) is 12.4. The van der Waals surface area contributed by atoms with Gasteiger partial charge in [-0.3, -0.25) is 0 Å². The van der Waals surface area contributed by atoms with E-state index in [4.69, 9.17) is 12.2 Å². The highest BCUT2D eigenvalue weighted by molar-refractivity contribution is 7.80. The Labute approximate surface area is 109 Å². The van der Waals surface area contributed by atoms with E-state index >= 15 is 0 Å². The minimum atomic E-state index is 0.458. The molecule has 0 heterocycles. The van der Waals surface area contributed by atoms with Gasteiger partial charge < -0.3 is 10.6 Å². The third-order valence-corrected chi connectivity index (χ3v) is 3.56. The van der Waals surface area contributed by atoms with Gasteiger partial charge >= 0.3 is 0 Å². The molecular formula is C14H20N2S. The summed E-state index contributed by atoms with van der Waals surface area (Å²) in [7, 11) is 0. The summed E-state index contributed by atoms with van der Waals surface area (Å²) in [6.45, 7) is 4.64. The predicted octanol–water partition coefficient (Wildman–Crippen LogP) is 3.55. The lowest BCUT2D eigenvalue weighted by molar-refractivity contribution is 0.372. The summed E-state index contributed by atoms with van der Waals surface area (Å²) >= 11 is 5.33. The molecule has 92 valence electrons. The quantitative estimate of drug-likeness (QED) is 0.783. The molecule has 2 N–H and O–H groups in total. The van der Waals surface area contributed by atoms with Crippen molar-refractivity contribution < 1.29 is 0 Å². The minimum absolute atomic E-state index is 0.458. The van der Waals surface area contributed by atoms with Crippen molar-refractivity contribution >= 4 is 23.0 Å². The van der Waals surface area contributed by atoms with Crippen LogP contribution in [0.2, 0.25) is 0 Å². The van der Waals surface area contributed by atoms with Gasteiger partial charge in [-0.1, -0.05) is 32.0 Å². The number of benzene rings is 1. The highest BCUT2D eigenvalue weighted by atomic mass is 32.1. The van der Waals surface area contributed by atoms with Crippen LogP contribution in [0.25, 0.3) is 0 Å². The molecule has 0 bridgehead atoms. The van der Waals surface area contributed by atoms with Gasteiger partial charge in [0, 0.05) is 11.7 Å². The molecule has 0 radical (unpaired) electrons. The smallest absolute Gasteiger partial charge is 0.170 e. The van der Waals surface area contributed by atoms with Crippen molar-refractivity contribution in [3.63, 3.8) is 0 Å². The van der Waals surface area contributed by atoms with Gasteiger partial charge in [0.05, 0.1) is 0 Å². The van der Waals surface area contributed by atoms with E-state index in [1.165, 1.54) is 19.3 Å². The fourth-order valence-corrected chi connectivity index (χ4v) is 2.72. The van der Waals surface area contributed by atoms with Crippen LogP contribution in [-0.2, 0) is 0 Å². The van der Waals surface area contributed by atoms with Crippen LogP contribution < -0.4 is 10.6 Å². The molecule has 0 aromatic heterocycles. The molecule has 0 saturated heterocycles. The monoisotopic (exact) mass is 248 g/mol. The van der Waals surface area contributed by atoms with E-state index in [2.05, 4.69) is 24.5 Å². The molecular weight excluding hydrogens is 228 g/mol. The summed E-state index contributed by atoms with van der Waals surface area (Å²) in [6.07, 6.45) is 3.69. The zero-order chi connectivity index (χ0) is 12.3. The zero-order valence-corrected chi connectivity index (χ0v) is 11.3. The van der Waals surface area contributed by atoms with Crippen LogP contribution in [0.3, 0.4) is 0 Å². The summed E-state index contributed by atoms with van der Waals surface area (Å²) in [5.41, 5.74) is 1.50. The summed E-state index contributed by atoms with van der Waals surface area (Å²) in [4.78, 5) is 0. The van der Waals surface area contributed by atoms with Gasteiger partial charge in [-0.2, -0.15) is 0 Å². The summed E-state index contributed by atoms with van der Waals surface area (Å²) in [5.74, 6) is 0. The van der Waals surface area contributed by atoms with E-state index in [0.717, 1.165) is 10.8 Å². The molecule has 1 aromatic rings. The minimum Gasteiger partial charge on any atom is -0.360 e. The van der Waals surface area contributed by atoms with Crippen molar-refractivity contribution in [2.24, 2.45) is 5.41 Å². The number of anilines is 1. The molecule has 1 saturated carbocycles. The molecule has 1 aromatic carbocycles. The van der Waals surface area contributed by atoms with Crippen molar-refractivity contribution in [2.75, 3.05) is 5.32 Å². The number of hydrogen-bond acceptors (Lipinski definition) is 1. The Morgan fingerprint density at radius 2 is 2.00 bits per heavy atom. The van der Waals surface area contributed by atoms with Gasteiger partial charge in [-0.05, 0) is 49.0 Å². The van der Waals surface area contributed by atoms with Crippen LogP contribution in [0.5, 0.6) is 0 Å². The fourth-order valence-electron chi connectivity index (χ4n) is 2.43. The fraction of sp³-hybridized carbons (Fsp3) is 0.500. The second-order valence-electron chi connectivity index (χ2n) is 5.57. The second-order valence-corrected chi connectivity index (χ2v) is 5.98. The Balaban J connectivity index is 1.83. The molecule has 0 aliphatic heterocycles. The molecule has 2 nitrogen and oxygen atoms in total. The van der Waals surface area contributed by atoms with Crippen molar-refractivity contribution in [3.05, 3.63) is 30.3 Å². The molecule has 1 aliphatic rings. The average Bonchev–Trinajstić information content (AvgIpc) is 2.59. The SMILES string of the molecule is CC1(C)CCC(NC(=S)Nc2ccccc2)C1. The lowest BCUT2D eigenvalue weighted by Crippen LogP contribution is -2.36. The van der Waals surface area contributed by atoms with Crippen LogP contribution >= 0.6 is 12.2 Å². The number of nitrogens with one attached hydrogen (secondary N) is 2. The third kappa shape index (κ3) is 3.70. The van der Waals surface area contributed by atoms with Gasteiger partial charge in [0.25, 0.3) is 0 Å². The number of rotatable bonds is 2. The Morgan fingerprint density at radius 3 is 2.59 bits per heavy atom. The van der Waals surface area contributed by atoms with Crippen LogP contribution in [0, 0.1) is 5.41 Å². The highest BCUT2D eigenvalue weighted by Gasteiger charge is 2.30. The van der Waals surface area contributed by atoms with Gasteiger partial charge in [0.2, 0.25) is 0 Å². The highest BCUT2D eigenvalue weighted by Crippen LogP contribution is 2.36. The molecule has 2 rings (SSSR count). The van der Waals surface area contributed by atoms with Crippen molar-refractivity contribution in [2.45, 2.75) is 39.2 Å². The Kier molecular flexibility index (Phi) is 3.67. The molecule has 1 atom stereocenters. The first-order valence-corrected chi connectivity index (χ1v) is 6.59. The Bertz CT molecular complexity index is 386. The van der Waals surface area contributed by atoms with E-state index in [0.29, 0.717) is 11.5 Å². The van der Waals surface area contributed by atoms with Crippen molar-refractivity contribution in [1.82, 2.24) is 5.32 Å². The lowest BCUT2D eigenvalue weighted by Gasteiger charge is -2.19. The molecule has 17 heavy (non-hydrogen) atoms. The van der Waals surface area contributed by atoms with E-state index in [-0.39, 0.29) is 0 Å². The van der Waals surface area contributed by atoms with Crippen LogP contribution in [0.4, 0.5) is 5.69 Å². The van der Waals surface area contributed by atoms with E-state index in [9.17, 15) is 0 Å². The number of hydrogen-bond donors (Lipinski definition) is 2. The van der Waals surface area contributed by atoms with Crippen LogP contribution in [0.15, 0.2) is 30.3 Å². The maximum atomic E-state index is 5.33. The lowest BCUT2D eigenvalue weighted by atomic mass is 9.92. The number of thiocarbonyl (C=S) groups is 1. The maximum Gasteiger partial charge on any atom is 0.170 e. The van der Waals surface area contributed by atoms with Gasteiger partial charge in [0.1, 0.15) is 0 Å². The molecule has 1 fully saturated rings. The van der Waals surface area contributed by atoms with Crippen LogP contribution in [0.1, 0.15) is 33.1 Å². The number of para-hydroxylation sites is 1. The normalized spacial score (nSPS) is 22.1. The van der Waals surface area contributed by atoms with Crippen molar-refractivity contribution in [1.29, 1.82) is 0 Å². The average molecular weight is 248 g/mol. The van der Waals surface area contributed by atoms with E-state index in [1.807, 2.05) is 30.3 Å². The first-order valence-electron chi connectivity index (χ1n) is 6.18.